The van der Waals surface area contributed by atoms with Gasteiger partial charge in [-0.2, -0.15) is 0 Å². The fourth-order valence-electron chi connectivity index (χ4n) is 5.17. The van der Waals surface area contributed by atoms with E-state index in [4.69, 9.17) is 18.9 Å². The average molecular weight is 525 g/mol. The first kappa shape index (κ1) is 28.3. The number of esters is 2. The molecule has 2 aliphatic heterocycles. The quantitative estimate of drug-likeness (QED) is 0.202. The van der Waals surface area contributed by atoms with E-state index in [1.165, 1.54) is 49.7 Å². The summed E-state index contributed by atoms with van der Waals surface area (Å²) in [6.07, 6.45) is 9.82. The molecule has 2 aliphatic rings. The molecule has 38 heavy (non-hydrogen) atoms. The number of rotatable bonds is 14. The lowest BCUT2D eigenvalue weighted by Gasteiger charge is -2.17. The molecule has 2 fully saturated rings. The normalized spacial score (nSPS) is 22.3. The zero-order valence-electron chi connectivity index (χ0n) is 22.9. The van der Waals surface area contributed by atoms with Gasteiger partial charge in [0.25, 0.3) is 0 Å². The van der Waals surface area contributed by atoms with Crippen LogP contribution in [0.3, 0.4) is 0 Å². The lowest BCUT2D eigenvalue weighted by atomic mass is 10.0. The van der Waals surface area contributed by atoms with Crippen molar-refractivity contribution in [3.05, 3.63) is 70.8 Å². The van der Waals surface area contributed by atoms with Gasteiger partial charge in [-0.25, -0.2) is 9.59 Å². The van der Waals surface area contributed by atoms with Crippen molar-refractivity contribution in [1.82, 2.24) is 0 Å². The van der Waals surface area contributed by atoms with Gasteiger partial charge in [0.15, 0.2) is 12.2 Å². The third-order valence-corrected chi connectivity index (χ3v) is 7.50. The largest absolute Gasteiger partial charge is 0.453 e. The third kappa shape index (κ3) is 7.67. The number of carbonyl (C=O) groups excluding carboxylic acids is 2. The molecule has 0 amide bonds. The molecule has 4 atom stereocenters. The Bertz CT molecular complexity index is 938. The van der Waals surface area contributed by atoms with Crippen LogP contribution < -0.4 is 0 Å². The van der Waals surface area contributed by atoms with Crippen LogP contribution in [0.25, 0.3) is 0 Å². The predicted octanol–water partition coefficient (Wildman–Crippen LogP) is 6.73. The molecule has 0 aromatic heterocycles. The molecule has 4 rings (SSSR count). The van der Waals surface area contributed by atoms with E-state index >= 15 is 0 Å². The van der Waals surface area contributed by atoms with Gasteiger partial charge in [-0.15, -0.1) is 0 Å². The van der Waals surface area contributed by atoms with Crippen LogP contribution in [0.1, 0.15) is 98.5 Å². The number of fused-ring (bicyclic) bond motifs is 1. The number of hydrogen-bond acceptors (Lipinski definition) is 6. The monoisotopic (exact) mass is 524 g/mol. The zero-order chi connectivity index (χ0) is 26.7. The van der Waals surface area contributed by atoms with E-state index in [9.17, 15) is 9.59 Å². The molecule has 0 saturated carbocycles. The third-order valence-electron chi connectivity index (χ3n) is 7.50. The summed E-state index contributed by atoms with van der Waals surface area (Å²) in [4.78, 5) is 25.5. The molecule has 0 radical (unpaired) electrons. The Balaban J connectivity index is 0.00000420. The van der Waals surface area contributed by atoms with Crippen molar-refractivity contribution in [3.63, 3.8) is 0 Å². The Labute approximate surface area is 228 Å². The van der Waals surface area contributed by atoms with Crippen LogP contribution in [0.4, 0.5) is 0 Å². The van der Waals surface area contributed by atoms with Gasteiger partial charge in [0.1, 0.15) is 12.2 Å². The van der Waals surface area contributed by atoms with E-state index in [0.29, 0.717) is 11.1 Å². The van der Waals surface area contributed by atoms with Gasteiger partial charge in [0.05, 0.1) is 24.3 Å². The first-order valence-electron chi connectivity index (χ1n) is 14.4. The fraction of sp³-hybridized carbons (Fsp3) is 0.562. The summed E-state index contributed by atoms with van der Waals surface area (Å²) in [6.45, 7) is 4.85. The first-order chi connectivity index (χ1) is 18.6. The van der Waals surface area contributed by atoms with E-state index in [1.54, 1.807) is 0 Å². The van der Waals surface area contributed by atoms with Crippen molar-refractivity contribution < 1.29 is 30.0 Å². The van der Waals surface area contributed by atoms with Crippen LogP contribution in [0.15, 0.2) is 48.5 Å². The Kier molecular flexibility index (Phi) is 10.8. The van der Waals surface area contributed by atoms with Crippen molar-refractivity contribution in [2.75, 3.05) is 13.2 Å². The van der Waals surface area contributed by atoms with Gasteiger partial charge in [-0.05, 0) is 61.1 Å². The van der Waals surface area contributed by atoms with E-state index in [1.807, 2.05) is 48.5 Å². The molecule has 0 N–H and O–H groups in total. The molecule has 1 unspecified atom stereocenters. The SMILES string of the molecule is CCCCCCc1ccc(C(=O)O[C@H]2COC3[C@H](OC(=O)c4ccc(CCCCCC)cc4)CO[C@@H]32)cc1.[HH]. The predicted molar refractivity (Wildman–Crippen MR) is 149 cm³/mol. The van der Waals surface area contributed by atoms with Crippen LogP contribution in [-0.4, -0.2) is 49.6 Å². The van der Waals surface area contributed by atoms with E-state index in [-0.39, 0.29) is 14.6 Å². The average Bonchev–Trinajstić information content (AvgIpc) is 3.53. The van der Waals surface area contributed by atoms with Crippen LogP contribution in [0.2, 0.25) is 0 Å². The Morgan fingerprint density at radius 3 is 1.42 bits per heavy atom. The summed E-state index contributed by atoms with van der Waals surface area (Å²) in [6, 6.07) is 15.3. The maximum atomic E-state index is 12.8. The van der Waals surface area contributed by atoms with Gasteiger partial charge in [-0.1, -0.05) is 76.6 Å². The molecule has 0 bridgehead atoms. The molecule has 6 heteroatoms. The highest BCUT2D eigenvalue weighted by molar-refractivity contribution is 5.90. The second kappa shape index (κ2) is 14.5. The lowest BCUT2D eigenvalue weighted by molar-refractivity contribution is -0.0287. The topological polar surface area (TPSA) is 71.1 Å². The summed E-state index contributed by atoms with van der Waals surface area (Å²) in [7, 11) is 0. The van der Waals surface area contributed by atoms with E-state index in [0.717, 1.165) is 25.7 Å². The molecule has 2 aromatic rings. The summed E-state index contributed by atoms with van der Waals surface area (Å²) >= 11 is 0. The number of carbonyl (C=O) groups is 2. The van der Waals surface area contributed by atoms with Gasteiger partial charge in [0, 0.05) is 1.43 Å². The smallest absolute Gasteiger partial charge is 0.338 e. The maximum Gasteiger partial charge on any atom is 0.338 e. The van der Waals surface area contributed by atoms with Gasteiger partial charge in [0.2, 0.25) is 0 Å². The van der Waals surface area contributed by atoms with Crippen LogP contribution in [0.5, 0.6) is 0 Å². The summed E-state index contributed by atoms with van der Waals surface area (Å²) < 4.78 is 23.2. The highest BCUT2D eigenvalue weighted by Crippen LogP contribution is 2.31. The Morgan fingerprint density at radius 2 is 1.05 bits per heavy atom. The van der Waals surface area contributed by atoms with Crippen molar-refractivity contribution in [2.45, 2.75) is 102 Å². The highest BCUT2D eigenvalue weighted by Gasteiger charge is 2.51. The molecule has 2 heterocycles. The standard InChI is InChI=1S/C32H42O6.H2/c1-3-5-7-9-11-23-13-17-25(18-14-23)31(33)37-27-21-35-30-28(22-36-29(27)30)38-32(34)26-19-15-24(16-20-26)12-10-8-6-4-2;/h13-20,27-30H,3-12,21-22H2,1-2H3;1H/t27-,28+,29+,30?;/m0./s1. The van der Waals surface area contributed by atoms with Gasteiger partial charge >= 0.3 is 11.9 Å². The number of ether oxygens (including phenoxy) is 4. The highest BCUT2D eigenvalue weighted by atomic mass is 16.7. The molecule has 0 spiro atoms. The van der Waals surface area contributed by atoms with Gasteiger partial charge in [-0.3, -0.25) is 0 Å². The summed E-state index contributed by atoms with van der Waals surface area (Å²) in [5.41, 5.74) is 3.49. The van der Waals surface area contributed by atoms with Crippen LogP contribution in [0, 0.1) is 0 Å². The number of aryl methyl sites for hydroxylation is 2. The molecule has 2 aromatic carbocycles. The number of benzene rings is 2. The van der Waals surface area contributed by atoms with E-state index in [2.05, 4.69) is 13.8 Å². The number of hydrogen-bond donors (Lipinski definition) is 0. The van der Waals surface area contributed by atoms with Crippen molar-refractivity contribution >= 4 is 11.9 Å². The van der Waals surface area contributed by atoms with Crippen molar-refractivity contribution in [1.29, 1.82) is 0 Å². The minimum atomic E-state index is -0.531. The summed E-state index contributed by atoms with van der Waals surface area (Å²) in [5, 5.41) is 0. The zero-order valence-corrected chi connectivity index (χ0v) is 22.9. The Morgan fingerprint density at radius 1 is 0.658 bits per heavy atom. The molecule has 6 nitrogen and oxygen atoms in total. The van der Waals surface area contributed by atoms with Crippen LogP contribution >= 0.6 is 0 Å². The molecular weight excluding hydrogens is 480 g/mol. The lowest BCUT2D eigenvalue weighted by Crippen LogP contribution is -2.36. The second-order valence-corrected chi connectivity index (χ2v) is 10.5. The van der Waals surface area contributed by atoms with Crippen molar-refractivity contribution in [3.8, 4) is 0 Å². The van der Waals surface area contributed by atoms with E-state index < -0.39 is 36.4 Å². The maximum absolute atomic E-state index is 12.8. The molecule has 208 valence electrons. The minimum Gasteiger partial charge on any atom is -0.453 e. The molecule has 0 aliphatic carbocycles. The minimum absolute atomic E-state index is 0. The summed E-state index contributed by atoms with van der Waals surface area (Å²) in [5.74, 6) is -0.786. The first-order valence-corrected chi connectivity index (χ1v) is 14.4. The second-order valence-electron chi connectivity index (χ2n) is 10.5. The fourth-order valence-corrected chi connectivity index (χ4v) is 5.17. The molecule has 2 saturated heterocycles. The van der Waals surface area contributed by atoms with Gasteiger partial charge < -0.3 is 18.9 Å². The van der Waals surface area contributed by atoms with Crippen LogP contribution in [-0.2, 0) is 31.8 Å². The van der Waals surface area contributed by atoms with Crippen molar-refractivity contribution in [2.24, 2.45) is 0 Å². The molecular formula is C32H44O6. The Hall–Kier alpha value is -2.70. The number of unbranched alkanes of at least 4 members (excludes halogenated alkanes) is 6.